The summed E-state index contributed by atoms with van der Waals surface area (Å²) in [7, 11) is 1.71. The first-order valence-corrected chi connectivity index (χ1v) is 9.26. The van der Waals surface area contributed by atoms with Crippen LogP contribution in [0, 0.1) is 0 Å². The Kier molecular flexibility index (Phi) is 5.55. The molecule has 0 aliphatic heterocycles. The summed E-state index contributed by atoms with van der Waals surface area (Å²) >= 11 is 0. The van der Waals surface area contributed by atoms with Gasteiger partial charge >= 0.3 is 7.48 Å². The molecule has 2 nitrogen and oxygen atoms in total. The van der Waals surface area contributed by atoms with E-state index < -0.39 is 11.2 Å². The van der Waals surface area contributed by atoms with Gasteiger partial charge < -0.3 is 9.76 Å². The topological polar surface area (TPSA) is 29.5 Å². The van der Waals surface area contributed by atoms with Crippen LogP contribution in [0.4, 0.5) is 0 Å². The van der Waals surface area contributed by atoms with Crippen molar-refractivity contribution >= 4 is 12.9 Å². The molecule has 1 radical (unpaired) electrons. The second-order valence-corrected chi connectivity index (χ2v) is 7.87. The molecule has 0 saturated heterocycles. The lowest BCUT2D eigenvalue weighted by Crippen LogP contribution is -2.49. The Labute approximate surface area is 163 Å². The fourth-order valence-electron chi connectivity index (χ4n) is 2.62. The molecule has 0 spiro atoms. The normalized spacial score (nSPS) is 12.0. The highest BCUT2D eigenvalue weighted by atomic mass is 16.5. The summed E-state index contributed by atoms with van der Waals surface area (Å²) in [6, 6.07) is 27.2. The molecule has 0 amide bonds. The van der Waals surface area contributed by atoms with E-state index in [1.165, 1.54) is 16.7 Å². The van der Waals surface area contributed by atoms with Gasteiger partial charge in [-0.3, -0.25) is 0 Å². The largest absolute Gasteiger partial charge is 0.427 e. The number of aliphatic hydroxyl groups is 1. The molecule has 0 heterocycles. The Balaban J connectivity index is 1.75. The first kappa shape index (κ1) is 19.4. The quantitative estimate of drug-likeness (QED) is 0.640. The van der Waals surface area contributed by atoms with Crippen molar-refractivity contribution in [3.05, 3.63) is 78.9 Å². The zero-order valence-corrected chi connectivity index (χ0v) is 16.4. The van der Waals surface area contributed by atoms with E-state index in [0.717, 1.165) is 11.0 Å². The molecular weight excluding hydrogens is 331 g/mol. The van der Waals surface area contributed by atoms with Crippen molar-refractivity contribution in [1.82, 2.24) is 0 Å². The van der Waals surface area contributed by atoms with Crippen LogP contribution in [-0.4, -0.2) is 23.8 Å². The Morgan fingerprint density at radius 3 is 1.74 bits per heavy atom. The third-order valence-electron chi connectivity index (χ3n) is 5.18. The van der Waals surface area contributed by atoms with Crippen molar-refractivity contribution < 1.29 is 9.76 Å². The van der Waals surface area contributed by atoms with E-state index in [1.807, 2.05) is 32.0 Å². The number of hydrogen-bond donors (Lipinski definition) is 1. The monoisotopic (exact) mass is 357 g/mol. The van der Waals surface area contributed by atoms with Gasteiger partial charge in [-0.05, 0) is 56.0 Å². The maximum absolute atomic E-state index is 10.2. The SMILES string of the molecule is CC(C)(O)C(C)(C)O[B]c1ccc(-c2cccc(-c3ccccc3)c2)cc1. The number of hydrogen-bond acceptors (Lipinski definition) is 2. The molecule has 3 aromatic rings. The summed E-state index contributed by atoms with van der Waals surface area (Å²) in [5.41, 5.74) is 4.13. The van der Waals surface area contributed by atoms with E-state index in [0.29, 0.717) is 0 Å². The Morgan fingerprint density at radius 2 is 1.19 bits per heavy atom. The molecule has 0 aliphatic rings. The van der Waals surface area contributed by atoms with Crippen LogP contribution < -0.4 is 5.46 Å². The van der Waals surface area contributed by atoms with Crippen LogP contribution in [0.25, 0.3) is 22.3 Å². The van der Waals surface area contributed by atoms with Crippen molar-refractivity contribution in [3.8, 4) is 22.3 Å². The zero-order valence-electron chi connectivity index (χ0n) is 16.4. The molecule has 0 unspecified atom stereocenters. The van der Waals surface area contributed by atoms with Crippen LogP contribution in [0.5, 0.6) is 0 Å². The molecule has 1 N–H and O–H groups in total. The Bertz CT molecular complexity index is 878. The summed E-state index contributed by atoms with van der Waals surface area (Å²) < 4.78 is 5.83. The van der Waals surface area contributed by atoms with Gasteiger partial charge in [0.2, 0.25) is 0 Å². The molecule has 0 aliphatic carbocycles. The lowest BCUT2D eigenvalue weighted by atomic mass is 9.82. The van der Waals surface area contributed by atoms with Crippen LogP contribution in [0.1, 0.15) is 27.7 Å². The second kappa shape index (κ2) is 7.71. The fourth-order valence-corrected chi connectivity index (χ4v) is 2.62. The van der Waals surface area contributed by atoms with E-state index >= 15 is 0 Å². The van der Waals surface area contributed by atoms with Gasteiger partial charge in [0.25, 0.3) is 0 Å². The standard InChI is InChI=1S/C24H26BO2/c1-23(2,26)24(3,4)27-25-22-15-13-19(14-16-22)21-12-8-11-20(17-21)18-9-6-5-7-10-18/h5-17,26H,1-4H3. The van der Waals surface area contributed by atoms with E-state index in [-0.39, 0.29) is 0 Å². The van der Waals surface area contributed by atoms with Gasteiger partial charge in [0.05, 0.1) is 11.2 Å². The van der Waals surface area contributed by atoms with Crippen molar-refractivity contribution in [2.24, 2.45) is 0 Å². The first-order chi connectivity index (χ1) is 12.8. The summed E-state index contributed by atoms with van der Waals surface area (Å²) in [6.45, 7) is 7.27. The summed E-state index contributed by atoms with van der Waals surface area (Å²) in [5, 5.41) is 10.2. The van der Waals surface area contributed by atoms with Crippen LogP contribution in [0.2, 0.25) is 0 Å². The summed E-state index contributed by atoms with van der Waals surface area (Å²) in [6.07, 6.45) is 0. The highest BCUT2D eigenvalue weighted by molar-refractivity contribution is 6.47. The molecule has 27 heavy (non-hydrogen) atoms. The van der Waals surface area contributed by atoms with Crippen LogP contribution >= 0.6 is 0 Å². The summed E-state index contributed by atoms with van der Waals surface area (Å²) in [5.74, 6) is 0. The van der Waals surface area contributed by atoms with Crippen molar-refractivity contribution in [3.63, 3.8) is 0 Å². The number of rotatable bonds is 6. The third kappa shape index (κ3) is 4.68. The molecule has 0 fully saturated rings. The highest BCUT2D eigenvalue weighted by Gasteiger charge is 2.35. The predicted molar refractivity (Wildman–Crippen MR) is 114 cm³/mol. The molecule has 0 saturated carbocycles. The minimum Gasteiger partial charge on any atom is -0.427 e. The van der Waals surface area contributed by atoms with Gasteiger partial charge in [0, 0.05) is 0 Å². The average molecular weight is 357 g/mol. The maximum atomic E-state index is 10.2. The minimum absolute atomic E-state index is 0.671. The smallest absolute Gasteiger partial charge is 0.330 e. The lowest BCUT2D eigenvalue weighted by molar-refractivity contribution is -0.0893. The van der Waals surface area contributed by atoms with Crippen LogP contribution in [-0.2, 0) is 4.65 Å². The van der Waals surface area contributed by atoms with Crippen molar-refractivity contribution in [2.45, 2.75) is 38.9 Å². The van der Waals surface area contributed by atoms with E-state index in [1.54, 1.807) is 21.3 Å². The Hall–Kier alpha value is -2.36. The summed E-state index contributed by atoms with van der Waals surface area (Å²) in [4.78, 5) is 0. The predicted octanol–water partition coefficient (Wildman–Crippen LogP) is 4.83. The second-order valence-electron chi connectivity index (χ2n) is 7.87. The van der Waals surface area contributed by atoms with Crippen molar-refractivity contribution in [2.75, 3.05) is 0 Å². The van der Waals surface area contributed by atoms with Crippen LogP contribution in [0.3, 0.4) is 0 Å². The van der Waals surface area contributed by atoms with E-state index in [2.05, 4.69) is 60.7 Å². The fraction of sp³-hybridized carbons (Fsp3) is 0.250. The average Bonchev–Trinajstić information content (AvgIpc) is 2.67. The molecule has 3 heteroatoms. The van der Waals surface area contributed by atoms with Crippen molar-refractivity contribution in [1.29, 1.82) is 0 Å². The molecule has 0 atom stereocenters. The van der Waals surface area contributed by atoms with Gasteiger partial charge in [0.15, 0.2) is 0 Å². The minimum atomic E-state index is -0.929. The number of benzene rings is 3. The van der Waals surface area contributed by atoms with Crippen LogP contribution in [0.15, 0.2) is 78.9 Å². The van der Waals surface area contributed by atoms with E-state index in [9.17, 15) is 5.11 Å². The first-order valence-electron chi connectivity index (χ1n) is 9.26. The van der Waals surface area contributed by atoms with Gasteiger partial charge in [0.1, 0.15) is 0 Å². The third-order valence-corrected chi connectivity index (χ3v) is 5.18. The Morgan fingerprint density at radius 1 is 0.667 bits per heavy atom. The molecule has 137 valence electrons. The molecule has 0 aromatic heterocycles. The maximum Gasteiger partial charge on any atom is 0.330 e. The lowest BCUT2D eigenvalue weighted by Gasteiger charge is -2.37. The molecule has 3 aromatic carbocycles. The zero-order chi connectivity index (χ0) is 19.5. The van der Waals surface area contributed by atoms with Gasteiger partial charge in [-0.1, -0.05) is 78.3 Å². The van der Waals surface area contributed by atoms with E-state index in [4.69, 9.17) is 4.65 Å². The molecule has 3 rings (SSSR count). The van der Waals surface area contributed by atoms with Gasteiger partial charge in [-0.15, -0.1) is 0 Å². The van der Waals surface area contributed by atoms with Gasteiger partial charge in [-0.2, -0.15) is 0 Å². The highest BCUT2D eigenvalue weighted by Crippen LogP contribution is 2.26. The van der Waals surface area contributed by atoms with Gasteiger partial charge in [-0.25, -0.2) is 0 Å². The molecule has 0 bridgehead atoms. The molecular formula is C24H26BO2.